The Morgan fingerprint density at radius 2 is 2.17 bits per heavy atom. The lowest BCUT2D eigenvalue weighted by atomic mass is 10.1. The van der Waals surface area contributed by atoms with E-state index in [1.165, 1.54) is 0 Å². The van der Waals surface area contributed by atoms with Gasteiger partial charge in [-0.05, 0) is 30.0 Å². The number of rotatable bonds is 2. The van der Waals surface area contributed by atoms with E-state index in [-0.39, 0.29) is 11.8 Å². The molecule has 1 aliphatic carbocycles. The quantitative estimate of drug-likeness (QED) is 0.714. The van der Waals surface area contributed by atoms with Gasteiger partial charge in [0.25, 0.3) is 0 Å². The first-order valence-corrected chi connectivity index (χ1v) is 3.92. The summed E-state index contributed by atoms with van der Waals surface area (Å²) in [6.45, 7) is 0. The Bertz CT molecular complexity index is 297. The fraction of sp³-hybridized carbons (Fsp3) is 0.333. The highest BCUT2D eigenvalue weighted by molar-refractivity contribution is 5.75. The molecule has 1 aliphatic rings. The zero-order valence-corrected chi connectivity index (χ0v) is 6.47. The van der Waals surface area contributed by atoms with Gasteiger partial charge in [0.1, 0.15) is 0 Å². The van der Waals surface area contributed by atoms with Crippen LogP contribution in [0.3, 0.4) is 0 Å². The van der Waals surface area contributed by atoms with Gasteiger partial charge >= 0.3 is 5.97 Å². The SMILES string of the molecule is O=C(O)[C@@H]1C[C@@H]1c1ccncc1. The lowest BCUT2D eigenvalue weighted by Gasteiger charge is -1.95. The van der Waals surface area contributed by atoms with E-state index in [1.807, 2.05) is 12.1 Å². The first kappa shape index (κ1) is 7.28. The van der Waals surface area contributed by atoms with Gasteiger partial charge in [-0.25, -0.2) is 0 Å². The number of hydrogen-bond acceptors (Lipinski definition) is 2. The largest absolute Gasteiger partial charge is 0.481 e. The minimum Gasteiger partial charge on any atom is -0.481 e. The Hall–Kier alpha value is -1.38. The molecule has 2 atom stereocenters. The fourth-order valence-corrected chi connectivity index (χ4v) is 1.45. The number of aromatic nitrogens is 1. The van der Waals surface area contributed by atoms with Crippen molar-refractivity contribution < 1.29 is 9.90 Å². The maximum Gasteiger partial charge on any atom is 0.307 e. The summed E-state index contributed by atoms with van der Waals surface area (Å²) in [4.78, 5) is 14.4. The Morgan fingerprint density at radius 1 is 1.50 bits per heavy atom. The van der Waals surface area contributed by atoms with Gasteiger partial charge in [-0.3, -0.25) is 9.78 Å². The minimum absolute atomic E-state index is 0.160. The number of aliphatic carboxylic acids is 1. The summed E-state index contributed by atoms with van der Waals surface area (Å²) >= 11 is 0. The van der Waals surface area contributed by atoms with E-state index in [4.69, 9.17) is 5.11 Å². The van der Waals surface area contributed by atoms with Crippen molar-refractivity contribution >= 4 is 5.97 Å². The Labute approximate surface area is 70.1 Å². The van der Waals surface area contributed by atoms with E-state index in [0.29, 0.717) is 0 Å². The lowest BCUT2D eigenvalue weighted by Crippen LogP contribution is -1.98. The van der Waals surface area contributed by atoms with Gasteiger partial charge in [-0.1, -0.05) is 0 Å². The number of carboxylic acid groups (broad SMARTS) is 1. The Morgan fingerprint density at radius 3 is 2.67 bits per heavy atom. The molecule has 0 radical (unpaired) electrons. The zero-order valence-electron chi connectivity index (χ0n) is 6.47. The van der Waals surface area contributed by atoms with Gasteiger partial charge in [-0.2, -0.15) is 0 Å². The van der Waals surface area contributed by atoms with Crippen molar-refractivity contribution in [3.63, 3.8) is 0 Å². The number of pyridine rings is 1. The van der Waals surface area contributed by atoms with Gasteiger partial charge in [0.15, 0.2) is 0 Å². The summed E-state index contributed by atoms with van der Waals surface area (Å²) in [7, 11) is 0. The van der Waals surface area contributed by atoms with E-state index in [1.54, 1.807) is 12.4 Å². The molecule has 2 rings (SSSR count). The molecule has 0 aromatic carbocycles. The normalized spacial score (nSPS) is 26.7. The van der Waals surface area contributed by atoms with Crippen molar-refractivity contribution in [1.82, 2.24) is 4.98 Å². The summed E-state index contributed by atoms with van der Waals surface area (Å²) in [5, 5.41) is 8.67. The lowest BCUT2D eigenvalue weighted by molar-refractivity contribution is -0.138. The Balaban J connectivity index is 2.11. The fourth-order valence-electron chi connectivity index (χ4n) is 1.45. The van der Waals surface area contributed by atoms with Crippen LogP contribution in [0.5, 0.6) is 0 Å². The van der Waals surface area contributed by atoms with Crippen LogP contribution in [0.1, 0.15) is 17.9 Å². The topological polar surface area (TPSA) is 50.2 Å². The molecule has 0 spiro atoms. The molecule has 1 N–H and O–H groups in total. The summed E-state index contributed by atoms with van der Waals surface area (Å²) in [6.07, 6.45) is 4.18. The van der Waals surface area contributed by atoms with E-state index in [0.717, 1.165) is 12.0 Å². The molecule has 0 unspecified atom stereocenters. The van der Waals surface area contributed by atoms with Gasteiger partial charge in [-0.15, -0.1) is 0 Å². The van der Waals surface area contributed by atoms with Crippen LogP contribution in [0, 0.1) is 5.92 Å². The van der Waals surface area contributed by atoms with Crippen molar-refractivity contribution in [1.29, 1.82) is 0 Å². The van der Waals surface area contributed by atoms with Crippen LogP contribution < -0.4 is 0 Å². The molecule has 0 aliphatic heterocycles. The zero-order chi connectivity index (χ0) is 8.55. The van der Waals surface area contributed by atoms with Crippen LogP contribution in [0.15, 0.2) is 24.5 Å². The highest BCUT2D eigenvalue weighted by Gasteiger charge is 2.43. The molecule has 3 nitrogen and oxygen atoms in total. The van der Waals surface area contributed by atoms with Crippen LogP contribution in [0.4, 0.5) is 0 Å². The molecule has 1 aromatic heterocycles. The molecular weight excluding hydrogens is 154 g/mol. The van der Waals surface area contributed by atoms with Gasteiger partial charge < -0.3 is 5.11 Å². The van der Waals surface area contributed by atoms with Crippen molar-refractivity contribution in [2.24, 2.45) is 5.92 Å². The molecule has 0 amide bonds. The predicted octanol–water partition coefficient (Wildman–Crippen LogP) is 1.27. The molecule has 1 aromatic rings. The van der Waals surface area contributed by atoms with Crippen LogP contribution in [-0.2, 0) is 4.79 Å². The molecule has 0 saturated heterocycles. The third-order valence-corrected chi connectivity index (χ3v) is 2.24. The highest BCUT2D eigenvalue weighted by Crippen LogP contribution is 2.47. The molecule has 0 bridgehead atoms. The smallest absolute Gasteiger partial charge is 0.307 e. The third-order valence-electron chi connectivity index (χ3n) is 2.24. The molecule has 1 saturated carbocycles. The van der Waals surface area contributed by atoms with Crippen molar-refractivity contribution in [2.75, 3.05) is 0 Å². The van der Waals surface area contributed by atoms with Crippen LogP contribution in [0.2, 0.25) is 0 Å². The van der Waals surface area contributed by atoms with E-state index >= 15 is 0 Å². The van der Waals surface area contributed by atoms with Crippen molar-refractivity contribution in [2.45, 2.75) is 12.3 Å². The van der Waals surface area contributed by atoms with Crippen LogP contribution >= 0.6 is 0 Å². The molecule has 62 valence electrons. The average molecular weight is 163 g/mol. The molecule has 12 heavy (non-hydrogen) atoms. The van der Waals surface area contributed by atoms with Crippen molar-refractivity contribution in [3.8, 4) is 0 Å². The third kappa shape index (κ3) is 1.18. The second-order valence-electron chi connectivity index (χ2n) is 3.07. The first-order valence-electron chi connectivity index (χ1n) is 3.92. The number of nitrogens with zero attached hydrogens (tertiary/aromatic N) is 1. The van der Waals surface area contributed by atoms with Crippen molar-refractivity contribution in [3.05, 3.63) is 30.1 Å². The predicted molar refractivity (Wildman–Crippen MR) is 42.7 cm³/mol. The van der Waals surface area contributed by atoms with Gasteiger partial charge in [0.05, 0.1) is 5.92 Å². The van der Waals surface area contributed by atoms with Gasteiger partial charge in [0.2, 0.25) is 0 Å². The second-order valence-corrected chi connectivity index (χ2v) is 3.07. The summed E-state index contributed by atoms with van der Waals surface area (Å²) in [6, 6.07) is 3.77. The summed E-state index contributed by atoms with van der Waals surface area (Å²) < 4.78 is 0. The number of hydrogen-bond donors (Lipinski definition) is 1. The van der Waals surface area contributed by atoms with Gasteiger partial charge in [0, 0.05) is 12.4 Å². The number of carboxylic acids is 1. The molecular formula is C9H9NO2. The maximum absolute atomic E-state index is 10.5. The van der Waals surface area contributed by atoms with Crippen LogP contribution in [-0.4, -0.2) is 16.1 Å². The maximum atomic E-state index is 10.5. The molecule has 1 heterocycles. The minimum atomic E-state index is -0.684. The summed E-state index contributed by atoms with van der Waals surface area (Å²) in [5.41, 5.74) is 1.09. The van der Waals surface area contributed by atoms with Crippen LogP contribution in [0.25, 0.3) is 0 Å². The molecule has 3 heteroatoms. The average Bonchev–Trinajstić information content (AvgIpc) is 2.84. The van der Waals surface area contributed by atoms with E-state index < -0.39 is 5.97 Å². The number of carbonyl (C=O) groups is 1. The van der Waals surface area contributed by atoms with E-state index in [9.17, 15) is 4.79 Å². The monoisotopic (exact) mass is 163 g/mol. The Kier molecular flexibility index (Phi) is 1.57. The first-order chi connectivity index (χ1) is 5.79. The van der Waals surface area contributed by atoms with E-state index in [2.05, 4.69) is 4.98 Å². The molecule has 1 fully saturated rings. The summed E-state index contributed by atoms with van der Waals surface area (Å²) in [5.74, 6) is -0.616. The highest BCUT2D eigenvalue weighted by atomic mass is 16.4. The standard InChI is InChI=1S/C9H9NO2/c11-9(12)8-5-7(8)6-1-3-10-4-2-6/h1-4,7-8H,5H2,(H,11,12)/t7-,8-/m1/s1. The second kappa shape index (κ2) is 2.59.